The van der Waals surface area contributed by atoms with Gasteiger partial charge in [-0.3, -0.25) is 4.98 Å². The van der Waals surface area contributed by atoms with Crippen LogP contribution in [0.15, 0.2) is 64.1 Å². The minimum atomic E-state index is -3.18. The second-order valence-corrected chi connectivity index (χ2v) is 7.31. The number of nitrogens with zero attached hydrogens (tertiary/aromatic N) is 2. The Hall–Kier alpha value is -2.47. The van der Waals surface area contributed by atoms with Crippen LogP contribution >= 0.6 is 0 Å². The molecule has 0 bridgehead atoms. The lowest BCUT2D eigenvalue weighted by atomic mass is 10.1. The predicted molar refractivity (Wildman–Crippen MR) is 86.7 cm³/mol. The number of benzene rings is 1. The standard InChI is InChI=1S/C17H16N2O3S/c1-23(20,21)16-9-5-13(6-10-16)17-4-2-3-14(19-17)7-8-15-11-12-18-22-15/h2-6,9-12H,7-8H2,1H3. The van der Waals surface area contributed by atoms with Crippen molar-refractivity contribution in [3.63, 3.8) is 0 Å². The number of rotatable bonds is 5. The molecule has 0 saturated heterocycles. The van der Waals surface area contributed by atoms with Crippen molar-refractivity contribution in [1.82, 2.24) is 10.1 Å². The van der Waals surface area contributed by atoms with E-state index in [4.69, 9.17) is 4.52 Å². The summed E-state index contributed by atoms with van der Waals surface area (Å²) in [6.07, 6.45) is 4.32. The molecule has 0 aliphatic heterocycles. The van der Waals surface area contributed by atoms with Crippen LogP contribution in [0.25, 0.3) is 11.3 Å². The van der Waals surface area contributed by atoms with Gasteiger partial charge in [-0.2, -0.15) is 0 Å². The molecule has 0 fully saturated rings. The molecule has 0 saturated carbocycles. The summed E-state index contributed by atoms with van der Waals surface area (Å²) in [5.74, 6) is 0.828. The third kappa shape index (κ3) is 3.84. The maximum absolute atomic E-state index is 11.5. The SMILES string of the molecule is CS(=O)(=O)c1ccc(-c2cccc(CCc3ccno3)n2)cc1. The molecule has 0 radical (unpaired) electrons. The summed E-state index contributed by atoms with van der Waals surface area (Å²) in [6, 6.07) is 14.4. The first-order valence-electron chi connectivity index (χ1n) is 7.18. The van der Waals surface area contributed by atoms with Crippen molar-refractivity contribution in [3.8, 4) is 11.3 Å². The smallest absolute Gasteiger partial charge is 0.175 e. The number of aryl methyl sites for hydroxylation is 2. The van der Waals surface area contributed by atoms with Crippen LogP contribution < -0.4 is 0 Å². The molecule has 0 N–H and O–H groups in total. The molecule has 0 aliphatic rings. The van der Waals surface area contributed by atoms with Gasteiger partial charge in [-0.05, 0) is 30.7 Å². The first kappa shape index (κ1) is 15.4. The van der Waals surface area contributed by atoms with Crippen LogP contribution in [-0.2, 0) is 22.7 Å². The van der Waals surface area contributed by atoms with Gasteiger partial charge in [0.05, 0.1) is 16.8 Å². The molecule has 5 nitrogen and oxygen atoms in total. The minimum absolute atomic E-state index is 0.308. The Bertz CT molecular complexity index is 886. The van der Waals surface area contributed by atoms with E-state index in [2.05, 4.69) is 10.1 Å². The molecule has 3 rings (SSSR count). The van der Waals surface area contributed by atoms with E-state index < -0.39 is 9.84 Å². The maximum atomic E-state index is 11.5. The monoisotopic (exact) mass is 328 g/mol. The molecule has 23 heavy (non-hydrogen) atoms. The van der Waals surface area contributed by atoms with Crippen LogP contribution in [0.5, 0.6) is 0 Å². The molecule has 0 aliphatic carbocycles. The van der Waals surface area contributed by atoms with Crippen molar-refractivity contribution in [2.24, 2.45) is 0 Å². The first-order valence-corrected chi connectivity index (χ1v) is 9.07. The summed E-state index contributed by atoms with van der Waals surface area (Å²) in [7, 11) is -3.18. The van der Waals surface area contributed by atoms with E-state index in [1.807, 2.05) is 24.3 Å². The summed E-state index contributed by atoms with van der Waals surface area (Å²) >= 11 is 0. The van der Waals surface area contributed by atoms with Gasteiger partial charge >= 0.3 is 0 Å². The van der Waals surface area contributed by atoms with Gasteiger partial charge in [0.1, 0.15) is 5.76 Å². The van der Waals surface area contributed by atoms with E-state index in [0.29, 0.717) is 4.90 Å². The number of hydrogen-bond acceptors (Lipinski definition) is 5. The summed E-state index contributed by atoms with van der Waals surface area (Å²) < 4.78 is 28.1. The molecular weight excluding hydrogens is 312 g/mol. The van der Waals surface area contributed by atoms with Crippen LogP contribution in [0, 0.1) is 0 Å². The van der Waals surface area contributed by atoms with Gasteiger partial charge in [0.15, 0.2) is 9.84 Å². The molecule has 118 valence electrons. The van der Waals surface area contributed by atoms with E-state index in [1.165, 1.54) is 6.26 Å². The van der Waals surface area contributed by atoms with Gasteiger partial charge in [0, 0.05) is 30.0 Å². The van der Waals surface area contributed by atoms with Crippen molar-refractivity contribution in [2.75, 3.05) is 6.26 Å². The van der Waals surface area contributed by atoms with Crippen LogP contribution in [0.2, 0.25) is 0 Å². The van der Waals surface area contributed by atoms with Gasteiger partial charge in [-0.1, -0.05) is 23.4 Å². The van der Waals surface area contributed by atoms with Gasteiger partial charge in [-0.15, -0.1) is 0 Å². The molecule has 0 amide bonds. The molecule has 0 spiro atoms. The highest BCUT2D eigenvalue weighted by Crippen LogP contribution is 2.20. The van der Waals surface area contributed by atoms with Gasteiger partial charge < -0.3 is 4.52 Å². The number of pyridine rings is 1. The third-order valence-electron chi connectivity index (χ3n) is 3.50. The summed E-state index contributed by atoms with van der Waals surface area (Å²) in [5.41, 5.74) is 2.66. The first-order chi connectivity index (χ1) is 11.0. The van der Waals surface area contributed by atoms with Crippen LogP contribution in [0.1, 0.15) is 11.5 Å². The third-order valence-corrected chi connectivity index (χ3v) is 4.63. The maximum Gasteiger partial charge on any atom is 0.175 e. The molecule has 1 aromatic carbocycles. The highest BCUT2D eigenvalue weighted by molar-refractivity contribution is 7.90. The second kappa shape index (κ2) is 6.34. The Kier molecular flexibility index (Phi) is 4.25. The lowest BCUT2D eigenvalue weighted by Gasteiger charge is -2.05. The number of aromatic nitrogens is 2. The molecular formula is C17H16N2O3S. The topological polar surface area (TPSA) is 73.1 Å². The zero-order valence-electron chi connectivity index (χ0n) is 12.6. The average molecular weight is 328 g/mol. The number of sulfone groups is 1. The van der Waals surface area contributed by atoms with Crippen molar-refractivity contribution in [3.05, 3.63) is 66.2 Å². The van der Waals surface area contributed by atoms with Crippen molar-refractivity contribution < 1.29 is 12.9 Å². The lowest BCUT2D eigenvalue weighted by Crippen LogP contribution is -1.97. The summed E-state index contributed by atoms with van der Waals surface area (Å²) in [5, 5.41) is 3.68. The van der Waals surface area contributed by atoms with Crippen LogP contribution in [0.4, 0.5) is 0 Å². The molecule has 2 aromatic heterocycles. The van der Waals surface area contributed by atoms with Crippen LogP contribution in [0.3, 0.4) is 0 Å². The van der Waals surface area contributed by atoms with E-state index in [1.54, 1.807) is 30.5 Å². The molecule has 3 aromatic rings. The highest BCUT2D eigenvalue weighted by Gasteiger charge is 2.08. The van der Waals surface area contributed by atoms with Gasteiger partial charge in [0.25, 0.3) is 0 Å². The van der Waals surface area contributed by atoms with E-state index in [-0.39, 0.29) is 0 Å². The Balaban J connectivity index is 1.79. The van der Waals surface area contributed by atoms with Crippen LogP contribution in [-0.4, -0.2) is 24.8 Å². The van der Waals surface area contributed by atoms with E-state index >= 15 is 0 Å². The Labute approximate surface area is 134 Å². The van der Waals surface area contributed by atoms with Crippen molar-refractivity contribution in [2.45, 2.75) is 17.7 Å². The zero-order chi connectivity index (χ0) is 16.3. The van der Waals surface area contributed by atoms with Gasteiger partial charge in [-0.25, -0.2) is 8.42 Å². The second-order valence-electron chi connectivity index (χ2n) is 5.29. The van der Waals surface area contributed by atoms with Crippen molar-refractivity contribution in [1.29, 1.82) is 0 Å². The Morgan fingerprint density at radius 1 is 1.00 bits per heavy atom. The normalized spacial score (nSPS) is 11.5. The fraction of sp³-hybridized carbons (Fsp3) is 0.176. The highest BCUT2D eigenvalue weighted by atomic mass is 32.2. The minimum Gasteiger partial charge on any atom is -0.361 e. The summed E-state index contributed by atoms with van der Waals surface area (Å²) in [4.78, 5) is 4.93. The fourth-order valence-corrected chi connectivity index (χ4v) is 2.91. The van der Waals surface area contributed by atoms with Gasteiger partial charge in [0.2, 0.25) is 0 Å². The Morgan fingerprint density at radius 3 is 2.43 bits per heavy atom. The molecule has 0 atom stereocenters. The number of hydrogen-bond donors (Lipinski definition) is 0. The summed E-state index contributed by atoms with van der Waals surface area (Å²) in [6.45, 7) is 0. The average Bonchev–Trinajstić information content (AvgIpc) is 3.06. The van der Waals surface area contributed by atoms with E-state index in [0.717, 1.165) is 35.6 Å². The van der Waals surface area contributed by atoms with E-state index in [9.17, 15) is 8.42 Å². The molecule has 2 heterocycles. The Morgan fingerprint density at radius 2 is 1.78 bits per heavy atom. The fourth-order valence-electron chi connectivity index (χ4n) is 2.27. The lowest BCUT2D eigenvalue weighted by molar-refractivity contribution is 0.383. The zero-order valence-corrected chi connectivity index (χ0v) is 13.5. The molecule has 6 heteroatoms. The quantitative estimate of drug-likeness (QED) is 0.720. The largest absolute Gasteiger partial charge is 0.361 e. The molecule has 0 unspecified atom stereocenters. The van der Waals surface area contributed by atoms with Crippen molar-refractivity contribution >= 4 is 9.84 Å². The predicted octanol–water partition coefficient (Wildman–Crippen LogP) is 2.93.